The molecule has 0 bridgehead atoms. The van der Waals surface area contributed by atoms with Crippen LogP contribution in [0.1, 0.15) is 125 Å². The number of unbranched alkanes of at least 4 members (excludes halogenated alkanes) is 10. The van der Waals surface area contributed by atoms with Gasteiger partial charge in [0.2, 0.25) is 0 Å². The summed E-state index contributed by atoms with van der Waals surface area (Å²) < 4.78 is 11.3. The SMILES string of the molecule is CCCCCCCCC1(CCCCCCCC)c2cc(C)ccc2-c2ccc(-c3ccc(-c4ccc(-c5ccc(C)s5)c5nc(OC)c(OC)nc45)s3)cc21. The Bertz CT molecular complexity index is 2210. The number of rotatable bonds is 19. The summed E-state index contributed by atoms with van der Waals surface area (Å²) >= 11 is 3.60. The van der Waals surface area contributed by atoms with E-state index >= 15 is 0 Å². The first-order chi connectivity index (χ1) is 26.9. The molecular weight excluding hydrogens is 713 g/mol. The van der Waals surface area contributed by atoms with Crippen molar-refractivity contribution in [3.63, 3.8) is 0 Å². The average Bonchev–Trinajstić information content (AvgIpc) is 3.93. The molecular formula is C49H58N2O2S2. The van der Waals surface area contributed by atoms with Gasteiger partial charge >= 0.3 is 0 Å². The second-order valence-electron chi connectivity index (χ2n) is 15.6. The monoisotopic (exact) mass is 770 g/mol. The molecule has 0 aliphatic heterocycles. The van der Waals surface area contributed by atoms with Crippen LogP contribution in [-0.4, -0.2) is 24.2 Å². The molecule has 0 spiro atoms. The number of hydrogen-bond donors (Lipinski definition) is 0. The molecule has 3 heterocycles. The fraction of sp³-hybridized carbons (Fsp3) is 0.429. The number of aryl methyl sites for hydroxylation is 2. The molecule has 0 amide bonds. The molecule has 6 aromatic rings. The lowest BCUT2D eigenvalue weighted by atomic mass is 9.70. The van der Waals surface area contributed by atoms with Crippen molar-refractivity contribution in [2.24, 2.45) is 0 Å². The Labute approximate surface area is 337 Å². The van der Waals surface area contributed by atoms with E-state index in [0.717, 1.165) is 22.2 Å². The van der Waals surface area contributed by atoms with Gasteiger partial charge in [-0.3, -0.25) is 0 Å². The number of fused-ring (bicyclic) bond motifs is 4. The summed E-state index contributed by atoms with van der Waals surface area (Å²) in [5, 5.41) is 0. The molecule has 0 atom stereocenters. The summed E-state index contributed by atoms with van der Waals surface area (Å²) in [6.07, 6.45) is 18.3. The zero-order chi connectivity index (χ0) is 38.4. The molecule has 1 aliphatic rings. The average molecular weight is 771 g/mol. The van der Waals surface area contributed by atoms with E-state index in [1.54, 1.807) is 36.7 Å². The largest absolute Gasteiger partial charge is 0.477 e. The van der Waals surface area contributed by atoms with Gasteiger partial charge < -0.3 is 9.47 Å². The van der Waals surface area contributed by atoms with Gasteiger partial charge in [-0.1, -0.05) is 139 Å². The van der Waals surface area contributed by atoms with Crippen LogP contribution in [0.2, 0.25) is 0 Å². The Morgan fingerprint density at radius 3 is 1.56 bits per heavy atom. The van der Waals surface area contributed by atoms with Crippen LogP contribution in [-0.2, 0) is 5.41 Å². The summed E-state index contributed by atoms with van der Waals surface area (Å²) in [5.41, 5.74) is 12.5. The van der Waals surface area contributed by atoms with Gasteiger partial charge in [0.1, 0.15) is 11.0 Å². The molecule has 1 aliphatic carbocycles. The van der Waals surface area contributed by atoms with E-state index in [1.807, 2.05) is 11.3 Å². The van der Waals surface area contributed by atoms with E-state index in [1.165, 1.54) is 132 Å². The summed E-state index contributed by atoms with van der Waals surface area (Å²) in [6, 6.07) is 27.9. The van der Waals surface area contributed by atoms with Crippen LogP contribution in [0.15, 0.2) is 72.8 Å². The number of benzene rings is 3. The maximum Gasteiger partial charge on any atom is 0.278 e. The number of hydrogen-bond acceptors (Lipinski definition) is 6. The topological polar surface area (TPSA) is 44.2 Å². The number of nitrogens with zero attached hydrogens (tertiary/aromatic N) is 2. The predicted octanol–water partition coefficient (Wildman–Crippen LogP) is 15.2. The van der Waals surface area contributed by atoms with Crippen LogP contribution < -0.4 is 9.47 Å². The van der Waals surface area contributed by atoms with Crippen LogP contribution in [0.3, 0.4) is 0 Å². The molecule has 0 unspecified atom stereocenters. The van der Waals surface area contributed by atoms with E-state index in [-0.39, 0.29) is 5.41 Å². The maximum absolute atomic E-state index is 5.67. The van der Waals surface area contributed by atoms with Crippen molar-refractivity contribution >= 4 is 33.7 Å². The Morgan fingerprint density at radius 1 is 0.509 bits per heavy atom. The molecule has 55 heavy (non-hydrogen) atoms. The highest BCUT2D eigenvalue weighted by atomic mass is 32.1. The Kier molecular flexibility index (Phi) is 12.7. The lowest BCUT2D eigenvalue weighted by molar-refractivity contribution is 0.334. The molecule has 0 radical (unpaired) electrons. The molecule has 3 aromatic heterocycles. The van der Waals surface area contributed by atoms with Crippen LogP contribution in [0.4, 0.5) is 0 Å². The third-order valence-corrected chi connectivity index (χ3v) is 13.9. The molecule has 0 fully saturated rings. The van der Waals surface area contributed by atoms with Gasteiger partial charge in [-0.05, 0) is 84.8 Å². The fourth-order valence-electron chi connectivity index (χ4n) is 8.83. The minimum Gasteiger partial charge on any atom is -0.477 e. The Hall–Kier alpha value is -4.00. The minimum absolute atomic E-state index is 0.0552. The number of ether oxygens (including phenoxy) is 2. The highest BCUT2D eigenvalue weighted by Gasteiger charge is 2.42. The van der Waals surface area contributed by atoms with Crippen molar-refractivity contribution in [3.8, 4) is 54.2 Å². The number of thiophene rings is 2. The Morgan fingerprint density at radius 2 is 1.00 bits per heavy atom. The van der Waals surface area contributed by atoms with Crippen molar-refractivity contribution < 1.29 is 9.47 Å². The first-order valence-corrected chi connectivity index (χ1v) is 22.4. The van der Waals surface area contributed by atoms with Gasteiger partial charge in [-0.2, -0.15) is 0 Å². The molecule has 0 saturated heterocycles. The fourth-order valence-corrected chi connectivity index (χ4v) is 10.7. The zero-order valence-corrected chi connectivity index (χ0v) is 35.5. The Balaban J connectivity index is 1.28. The van der Waals surface area contributed by atoms with Gasteiger partial charge in [-0.25, -0.2) is 9.97 Å². The van der Waals surface area contributed by atoms with Crippen LogP contribution in [0.5, 0.6) is 11.8 Å². The van der Waals surface area contributed by atoms with E-state index in [4.69, 9.17) is 19.4 Å². The van der Waals surface area contributed by atoms with E-state index < -0.39 is 0 Å². The first-order valence-electron chi connectivity index (χ1n) is 20.8. The van der Waals surface area contributed by atoms with Crippen molar-refractivity contribution in [3.05, 3.63) is 94.4 Å². The second-order valence-corrected chi connectivity index (χ2v) is 18.0. The predicted molar refractivity (Wildman–Crippen MR) is 236 cm³/mol. The summed E-state index contributed by atoms with van der Waals surface area (Å²) in [4.78, 5) is 14.9. The van der Waals surface area contributed by atoms with Crippen LogP contribution in [0.25, 0.3) is 53.5 Å². The number of methoxy groups -OCH3 is 2. The normalized spacial score (nSPS) is 13.0. The summed E-state index contributed by atoms with van der Waals surface area (Å²) in [6.45, 7) is 9.03. The molecule has 288 valence electrons. The van der Waals surface area contributed by atoms with Gasteiger partial charge in [0.25, 0.3) is 11.8 Å². The minimum atomic E-state index is 0.0552. The quantitative estimate of drug-likeness (QED) is 0.0770. The van der Waals surface area contributed by atoms with Crippen molar-refractivity contribution in [1.82, 2.24) is 9.97 Å². The summed E-state index contributed by atoms with van der Waals surface area (Å²) in [7, 11) is 3.25. The number of aromatic nitrogens is 2. The van der Waals surface area contributed by atoms with E-state index in [0.29, 0.717) is 11.8 Å². The van der Waals surface area contributed by atoms with E-state index in [2.05, 4.69) is 100 Å². The van der Waals surface area contributed by atoms with E-state index in [9.17, 15) is 0 Å². The molecule has 0 saturated carbocycles. The molecule has 3 aromatic carbocycles. The third kappa shape index (κ3) is 8.14. The van der Waals surface area contributed by atoms with Gasteiger partial charge in [0.05, 0.1) is 14.2 Å². The van der Waals surface area contributed by atoms with Crippen LogP contribution >= 0.6 is 22.7 Å². The maximum atomic E-state index is 5.67. The molecule has 4 nitrogen and oxygen atoms in total. The molecule has 7 rings (SSSR count). The van der Waals surface area contributed by atoms with Crippen LogP contribution in [0, 0.1) is 13.8 Å². The van der Waals surface area contributed by atoms with Crippen molar-refractivity contribution in [1.29, 1.82) is 0 Å². The van der Waals surface area contributed by atoms with Gasteiger partial charge in [0.15, 0.2) is 0 Å². The lowest BCUT2D eigenvalue weighted by Crippen LogP contribution is -2.25. The highest BCUT2D eigenvalue weighted by molar-refractivity contribution is 7.19. The van der Waals surface area contributed by atoms with Crippen molar-refractivity contribution in [2.45, 2.75) is 123 Å². The third-order valence-electron chi connectivity index (χ3n) is 11.7. The lowest BCUT2D eigenvalue weighted by Gasteiger charge is -2.33. The smallest absolute Gasteiger partial charge is 0.278 e. The molecule has 0 N–H and O–H groups in total. The van der Waals surface area contributed by atoms with Crippen molar-refractivity contribution in [2.75, 3.05) is 14.2 Å². The highest BCUT2D eigenvalue weighted by Crippen LogP contribution is 2.55. The van der Waals surface area contributed by atoms with Gasteiger partial charge in [-0.15, -0.1) is 22.7 Å². The zero-order valence-electron chi connectivity index (χ0n) is 33.9. The second kappa shape index (κ2) is 17.9. The first kappa shape index (κ1) is 39.2. The molecule has 6 heteroatoms. The standard InChI is InChI=1S/C49H58N2O2S2/c1-7-9-11-13-15-17-29-49(30-18-16-14-12-10-8-2)40-31-33(3)19-22-36(40)37-23-21-35(32-41(37)49)42-27-28-44(55-42)39-25-24-38(43-26-20-34(4)54-43)45-46(39)51-48(53-6)47(50-45)52-5/h19-28,31-32H,7-18,29-30H2,1-6H3. The summed E-state index contributed by atoms with van der Waals surface area (Å²) in [5.74, 6) is 0.793. The van der Waals surface area contributed by atoms with Gasteiger partial charge in [0, 0.05) is 36.1 Å².